The van der Waals surface area contributed by atoms with Gasteiger partial charge in [-0.05, 0) is 37.3 Å². The lowest BCUT2D eigenvalue weighted by Gasteiger charge is -2.34. The predicted molar refractivity (Wildman–Crippen MR) is 78.3 cm³/mol. The quantitative estimate of drug-likeness (QED) is 0.665. The van der Waals surface area contributed by atoms with E-state index in [1.165, 1.54) is 16.7 Å². The van der Waals surface area contributed by atoms with Crippen LogP contribution in [0.4, 0.5) is 0 Å². The first-order chi connectivity index (χ1) is 7.95. The van der Waals surface area contributed by atoms with E-state index in [-0.39, 0.29) is 5.41 Å². The number of aryl methyl sites for hydroxylation is 2. The Balaban J connectivity index is 3.05. The van der Waals surface area contributed by atoms with E-state index in [1.807, 2.05) is 0 Å². The summed E-state index contributed by atoms with van der Waals surface area (Å²) in [5.41, 5.74) is 4.00. The van der Waals surface area contributed by atoms with Crippen LogP contribution in [0, 0.1) is 25.2 Å². The summed E-state index contributed by atoms with van der Waals surface area (Å²) in [6.45, 7) is 8.69. The van der Waals surface area contributed by atoms with Crippen molar-refractivity contribution in [2.75, 3.05) is 11.8 Å². The standard InChI is InChI=1S/C15H22Cl2/c1-11(2)15(9-16,10-17)8-14-7-12(3)5-6-13(14)4/h5-7,11H,8-10H2,1-4H3. The lowest BCUT2D eigenvalue weighted by molar-refractivity contribution is 0.258. The number of hydrogen-bond donors (Lipinski definition) is 0. The smallest absolute Gasteiger partial charge is 0.0297 e. The molecule has 0 aliphatic heterocycles. The Morgan fingerprint density at radius 2 is 1.71 bits per heavy atom. The Hall–Kier alpha value is -0.200. The fourth-order valence-electron chi connectivity index (χ4n) is 2.01. The third-order valence-electron chi connectivity index (χ3n) is 3.80. The summed E-state index contributed by atoms with van der Waals surface area (Å²) >= 11 is 12.4. The Kier molecular flexibility index (Phi) is 5.34. The third kappa shape index (κ3) is 3.39. The topological polar surface area (TPSA) is 0 Å². The minimum Gasteiger partial charge on any atom is -0.126 e. The third-order valence-corrected chi connectivity index (χ3v) is 4.87. The van der Waals surface area contributed by atoms with Gasteiger partial charge in [0.05, 0.1) is 0 Å². The maximum atomic E-state index is 6.18. The molecule has 0 saturated carbocycles. The zero-order valence-corrected chi connectivity index (χ0v) is 12.7. The lowest BCUT2D eigenvalue weighted by atomic mass is 9.75. The van der Waals surface area contributed by atoms with Crippen LogP contribution in [0.3, 0.4) is 0 Å². The van der Waals surface area contributed by atoms with Gasteiger partial charge < -0.3 is 0 Å². The Bertz CT molecular complexity index is 365. The van der Waals surface area contributed by atoms with Crippen LogP contribution in [0.1, 0.15) is 30.5 Å². The molecule has 0 saturated heterocycles. The van der Waals surface area contributed by atoms with Crippen molar-refractivity contribution in [1.29, 1.82) is 0 Å². The molecule has 0 aromatic heterocycles. The van der Waals surface area contributed by atoms with Crippen LogP contribution >= 0.6 is 23.2 Å². The van der Waals surface area contributed by atoms with Gasteiger partial charge >= 0.3 is 0 Å². The summed E-state index contributed by atoms with van der Waals surface area (Å²) in [6, 6.07) is 6.58. The minimum atomic E-state index is 0.00165. The van der Waals surface area contributed by atoms with Crippen LogP contribution in [-0.2, 0) is 6.42 Å². The molecule has 96 valence electrons. The van der Waals surface area contributed by atoms with Gasteiger partial charge in [-0.15, -0.1) is 23.2 Å². The molecule has 2 heteroatoms. The highest BCUT2D eigenvalue weighted by molar-refractivity contribution is 6.21. The van der Waals surface area contributed by atoms with Gasteiger partial charge in [0.2, 0.25) is 0 Å². The first-order valence-electron chi connectivity index (χ1n) is 6.13. The van der Waals surface area contributed by atoms with Crippen molar-refractivity contribution in [2.45, 2.75) is 34.1 Å². The van der Waals surface area contributed by atoms with Crippen LogP contribution in [-0.4, -0.2) is 11.8 Å². The van der Waals surface area contributed by atoms with Gasteiger partial charge in [-0.2, -0.15) is 0 Å². The van der Waals surface area contributed by atoms with Gasteiger partial charge in [0.25, 0.3) is 0 Å². The highest BCUT2D eigenvalue weighted by Gasteiger charge is 2.32. The molecule has 1 aromatic carbocycles. The predicted octanol–water partition coefficient (Wildman–Crippen LogP) is 4.97. The molecule has 0 amide bonds. The van der Waals surface area contributed by atoms with Crippen LogP contribution in [0.5, 0.6) is 0 Å². The van der Waals surface area contributed by atoms with Crippen LogP contribution < -0.4 is 0 Å². The molecule has 1 rings (SSSR count). The number of hydrogen-bond acceptors (Lipinski definition) is 0. The number of halogens is 2. The molecule has 0 bridgehead atoms. The SMILES string of the molecule is Cc1ccc(C)c(CC(CCl)(CCl)C(C)C)c1. The van der Waals surface area contributed by atoms with Crippen molar-refractivity contribution in [3.05, 3.63) is 34.9 Å². The van der Waals surface area contributed by atoms with E-state index < -0.39 is 0 Å². The van der Waals surface area contributed by atoms with Crippen LogP contribution in [0.2, 0.25) is 0 Å². The molecule has 0 N–H and O–H groups in total. The second kappa shape index (κ2) is 6.11. The summed E-state index contributed by atoms with van der Waals surface area (Å²) in [4.78, 5) is 0. The maximum Gasteiger partial charge on any atom is 0.0297 e. The summed E-state index contributed by atoms with van der Waals surface area (Å²) in [7, 11) is 0. The molecule has 0 spiro atoms. The van der Waals surface area contributed by atoms with Crippen molar-refractivity contribution in [2.24, 2.45) is 11.3 Å². The van der Waals surface area contributed by atoms with Gasteiger partial charge in [-0.25, -0.2) is 0 Å². The molecular formula is C15H22Cl2. The van der Waals surface area contributed by atoms with Gasteiger partial charge in [0.1, 0.15) is 0 Å². The largest absolute Gasteiger partial charge is 0.126 e. The zero-order chi connectivity index (χ0) is 13.1. The molecule has 0 radical (unpaired) electrons. The fraction of sp³-hybridized carbons (Fsp3) is 0.600. The first kappa shape index (κ1) is 14.9. The van der Waals surface area contributed by atoms with Crippen molar-refractivity contribution in [3.8, 4) is 0 Å². The van der Waals surface area contributed by atoms with Crippen molar-refractivity contribution in [1.82, 2.24) is 0 Å². The molecule has 0 nitrogen and oxygen atoms in total. The molecule has 0 atom stereocenters. The summed E-state index contributed by atoms with van der Waals surface area (Å²) < 4.78 is 0. The van der Waals surface area contributed by atoms with Gasteiger partial charge in [-0.3, -0.25) is 0 Å². The summed E-state index contributed by atoms with van der Waals surface area (Å²) in [6.07, 6.45) is 0.963. The average molecular weight is 273 g/mol. The van der Waals surface area contributed by atoms with E-state index >= 15 is 0 Å². The number of rotatable bonds is 5. The minimum absolute atomic E-state index is 0.00165. The molecule has 0 aliphatic carbocycles. The van der Waals surface area contributed by atoms with E-state index in [1.54, 1.807) is 0 Å². The van der Waals surface area contributed by atoms with Crippen LogP contribution in [0.15, 0.2) is 18.2 Å². The van der Waals surface area contributed by atoms with Gasteiger partial charge in [-0.1, -0.05) is 37.6 Å². The average Bonchev–Trinajstić information content (AvgIpc) is 2.30. The van der Waals surface area contributed by atoms with E-state index in [4.69, 9.17) is 23.2 Å². The highest BCUT2D eigenvalue weighted by Crippen LogP contribution is 2.35. The molecule has 0 unspecified atom stereocenters. The van der Waals surface area contributed by atoms with Gasteiger partial charge in [0.15, 0.2) is 0 Å². The van der Waals surface area contributed by atoms with E-state index in [0.717, 1.165) is 6.42 Å². The fourth-order valence-corrected chi connectivity index (χ4v) is 3.10. The second-order valence-corrected chi connectivity index (χ2v) is 5.93. The Morgan fingerprint density at radius 3 is 2.18 bits per heavy atom. The van der Waals surface area contributed by atoms with E-state index in [9.17, 15) is 0 Å². The number of alkyl halides is 2. The molecule has 1 aromatic rings. The zero-order valence-electron chi connectivity index (χ0n) is 11.2. The monoisotopic (exact) mass is 272 g/mol. The molecule has 0 fully saturated rings. The van der Waals surface area contributed by atoms with Gasteiger partial charge in [0, 0.05) is 17.2 Å². The Morgan fingerprint density at radius 1 is 1.12 bits per heavy atom. The highest BCUT2D eigenvalue weighted by atomic mass is 35.5. The summed E-state index contributed by atoms with van der Waals surface area (Å²) in [5.74, 6) is 1.71. The maximum absolute atomic E-state index is 6.18. The van der Waals surface area contributed by atoms with E-state index in [0.29, 0.717) is 17.7 Å². The number of benzene rings is 1. The first-order valence-corrected chi connectivity index (χ1v) is 7.20. The van der Waals surface area contributed by atoms with Crippen molar-refractivity contribution >= 4 is 23.2 Å². The molecule has 0 heterocycles. The molecular weight excluding hydrogens is 251 g/mol. The Labute approximate surface area is 115 Å². The second-order valence-electron chi connectivity index (χ2n) is 5.39. The normalized spacial score (nSPS) is 12.2. The van der Waals surface area contributed by atoms with Crippen molar-refractivity contribution < 1.29 is 0 Å². The van der Waals surface area contributed by atoms with Crippen molar-refractivity contribution in [3.63, 3.8) is 0 Å². The van der Waals surface area contributed by atoms with E-state index in [2.05, 4.69) is 45.9 Å². The summed E-state index contributed by atoms with van der Waals surface area (Å²) in [5, 5.41) is 0. The molecule has 17 heavy (non-hydrogen) atoms. The molecule has 0 aliphatic rings. The lowest BCUT2D eigenvalue weighted by Crippen LogP contribution is -2.34. The van der Waals surface area contributed by atoms with Crippen LogP contribution in [0.25, 0.3) is 0 Å².